The third-order valence-corrected chi connectivity index (χ3v) is 12.8. The van der Waals surface area contributed by atoms with Gasteiger partial charge in [0.25, 0.3) is 6.33 Å². The van der Waals surface area contributed by atoms with Gasteiger partial charge in [-0.3, -0.25) is 18.1 Å². The fraction of sp³-hybridized carbons (Fsp3) is 0.0179. The highest BCUT2D eigenvalue weighted by atomic mass is 16.5. The van der Waals surface area contributed by atoms with Crippen LogP contribution in [-0.2, 0) is 0 Å². The Morgan fingerprint density at radius 1 is 0.538 bits per heavy atom. The predicted octanol–water partition coefficient (Wildman–Crippen LogP) is 12.9. The van der Waals surface area contributed by atoms with Gasteiger partial charge in [-0.25, -0.2) is 9.97 Å². The van der Waals surface area contributed by atoms with Gasteiger partial charge in [0, 0.05) is 33.3 Å². The van der Waals surface area contributed by atoms with Crippen LogP contribution in [0, 0.1) is 13.3 Å². The maximum atomic E-state index is 6.78. The molecule has 0 atom stereocenters. The number of benzene rings is 8. The summed E-state index contributed by atoms with van der Waals surface area (Å²) in [7, 11) is 0. The number of fused-ring (bicyclic) bond motifs is 12. The van der Waals surface area contributed by atoms with E-state index in [4.69, 9.17) is 19.1 Å². The van der Waals surface area contributed by atoms with Gasteiger partial charge in [0.1, 0.15) is 22.9 Å². The van der Waals surface area contributed by atoms with Crippen LogP contribution >= 0.6 is 0 Å². The number of aromatic nitrogens is 7. The number of rotatable bonds is 6. The van der Waals surface area contributed by atoms with Crippen molar-refractivity contribution >= 4 is 82.6 Å². The van der Waals surface area contributed by atoms with Crippen LogP contribution in [-0.4, -0.2) is 28.1 Å². The first-order valence-corrected chi connectivity index (χ1v) is 21.7. The van der Waals surface area contributed by atoms with E-state index in [-0.39, 0.29) is 0 Å². The Morgan fingerprint density at radius 3 is 2.20 bits per heavy atom. The Morgan fingerprint density at radius 2 is 1.28 bits per heavy atom. The van der Waals surface area contributed by atoms with Gasteiger partial charge < -0.3 is 13.7 Å². The van der Waals surface area contributed by atoms with E-state index in [0.29, 0.717) is 11.5 Å². The second-order valence-corrected chi connectivity index (χ2v) is 16.5. The number of aryl methyl sites for hydroxylation is 1. The lowest BCUT2D eigenvalue weighted by molar-refractivity contribution is -0.571. The van der Waals surface area contributed by atoms with Crippen molar-refractivity contribution in [2.45, 2.75) is 6.92 Å². The van der Waals surface area contributed by atoms with Crippen LogP contribution < -0.4 is 9.30 Å². The van der Waals surface area contributed by atoms with Crippen molar-refractivity contribution in [1.82, 2.24) is 28.1 Å². The van der Waals surface area contributed by atoms with Crippen LogP contribution in [0.1, 0.15) is 5.56 Å². The fourth-order valence-corrected chi connectivity index (χ4v) is 9.90. The Balaban J connectivity index is 0.904. The molecular weight excluding hydrogens is 803 g/mol. The molecule has 0 saturated carbocycles. The minimum Gasteiger partial charge on any atom is -0.458 e. The molecule has 0 unspecified atom stereocenters. The molecule has 0 aliphatic carbocycles. The van der Waals surface area contributed by atoms with Crippen LogP contribution in [0.2, 0.25) is 0 Å². The van der Waals surface area contributed by atoms with E-state index in [9.17, 15) is 0 Å². The van der Waals surface area contributed by atoms with Crippen molar-refractivity contribution in [2.75, 3.05) is 0 Å². The van der Waals surface area contributed by atoms with Gasteiger partial charge in [-0.2, -0.15) is 0 Å². The molecule has 8 aromatic carbocycles. The van der Waals surface area contributed by atoms with Gasteiger partial charge in [0.15, 0.2) is 5.58 Å². The second kappa shape index (κ2) is 13.5. The molecule has 65 heavy (non-hydrogen) atoms. The Hall–Kier alpha value is -8.95. The molecule has 0 spiro atoms. The third kappa shape index (κ3) is 5.23. The lowest BCUT2D eigenvalue weighted by Crippen LogP contribution is -2.30. The number of hydrogen-bond donors (Lipinski definition) is 0. The lowest BCUT2D eigenvalue weighted by Gasteiger charge is -2.12. The van der Waals surface area contributed by atoms with Crippen molar-refractivity contribution in [1.29, 1.82) is 0 Å². The quantitative estimate of drug-likeness (QED) is 0.124. The van der Waals surface area contributed by atoms with Gasteiger partial charge in [0.05, 0.1) is 61.7 Å². The van der Waals surface area contributed by atoms with Crippen LogP contribution in [0.25, 0.3) is 106 Å². The highest BCUT2D eigenvalue weighted by Crippen LogP contribution is 2.38. The van der Waals surface area contributed by atoms with Crippen LogP contribution in [0.5, 0.6) is 11.5 Å². The standard InChI is InChI=1S/C56H35N7O2/c1-35-14-11-25-48-54(35)58-56-62(48)47-29-28-39(31-50(47)63(56)53-32-43-41-20-6-10-27-51(41)65-52(43)33-57-53)64-38-18-12-17-37(30-38)59-34-60(46-24-9-8-23-45(46)59)49-26-13-21-42-40-19-5-7-22-44(40)61(55(42)49)36-15-3-2-4-16-36/h2-33H,1H3. The summed E-state index contributed by atoms with van der Waals surface area (Å²) in [5.41, 5.74) is 13.9. The van der Waals surface area contributed by atoms with E-state index in [1.54, 1.807) is 0 Å². The Labute approximate surface area is 370 Å². The van der Waals surface area contributed by atoms with E-state index in [1.807, 2.05) is 42.6 Å². The number of hydrogen-bond acceptors (Lipinski definition) is 4. The molecule has 9 heteroatoms. The highest BCUT2D eigenvalue weighted by molar-refractivity contribution is 6.11. The largest absolute Gasteiger partial charge is 0.458 e. The van der Waals surface area contributed by atoms with Gasteiger partial charge in [0.2, 0.25) is 5.78 Å². The Kier molecular flexibility index (Phi) is 7.41. The van der Waals surface area contributed by atoms with E-state index in [1.165, 1.54) is 10.8 Å². The van der Waals surface area contributed by atoms with Crippen molar-refractivity contribution in [2.24, 2.45) is 0 Å². The third-order valence-electron chi connectivity index (χ3n) is 12.8. The van der Waals surface area contributed by atoms with E-state index >= 15 is 0 Å². The molecule has 0 aliphatic heterocycles. The maximum absolute atomic E-state index is 6.78. The smallest absolute Gasteiger partial charge is 0.269 e. The molecular formula is C56H35N7O2. The van der Waals surface area contributed by atoms with E-state index < -0.39 is 0 Å². The van der Waals surface area contributed by atoms with Gasteiger partial charge in [-0.1, -0.05) is 109 Å². The predicted molar refractivity (Wildman–Crippen MR) is 257 cm³/mol. The van der Waals surface area contributed by atoms with Crippen LogP contribution in [0.15, 0.2) is 199 Å². The van der Waals surface area contributed by atoms with Crippen molar-refractivity contribution in [3.8, 4) is 34.4 Å². The number of imidazole rings is 3. The van der Waals surface area contributed by atoms with Crippen molar-refractivity contribution in [3.63, 3.8) is 0 Å². The summed E-state index contributed by atoms with van der Waals surface area (Å²) in [4.78, 5) is 10.2. The second-order valence-electron chi connectivity index (χ2n) is 16.5. The number of furan rings is 1. The fourth-order valence-electron chi connectivity index (χ4n) is 9.90. The molecule has 0 N–H and O–H groups in total. The number of nitrogens with zero attached hydrogens (tertiary/aromatic N) is 7. The summed E-state index contributed by atoms with van der Waals surface area (Å²) in [5.74, 6) is 2.88. The molecule has 0 aliphatic rings. The zero-order valence-corrected chi connectivity index (χ0v) is 34.9. The minimum atomic E-state index is 0.684. The van der Waals surface area contributed by atoms with E-state index in [0.717, 1.165) is 100 Å². The average Bonchev–Trinajstić information content (AvgIpc) is 4.16. The number of para-hydroxylation sites is 7. The monoisotopic (exact) mass is 837 g/mol. The summed E-state index contributed by atoms with van der Waals surface area (Å²) < 4.78 is 23.9. The summed E-state index contributed by atoms with van der Waals surface area (Å²) >= 11 is 0. The molecule has 6 aromatic heterocycles. The SMILES string of the molecule is Cc1cccc2c1nc1n(-c3cc4c(cn3)oc3ccccc34)c3cc(Oc4cccc(-n5[c-][n+](-c6cccc7c8ccccc8n(-c8ccccc8)c67)c6ccccc65)c4)ccc3n21. The highest BCUT2D eigenvalue weighted by Gasteiger charge is 2.22. The molecule has 0 fully saturated rings. The first-order chi connectivity index (χ1) is 32.1. The zero-order valence-electron chi connectivity index (χ0n) is 34.9. The van der Waals surface area contributed by atoms with Gasteiger partial charge in [-0.05, 0) is 85.3 Å². The van der Waals surface area contributed by atoms with Crippen LogP contribution in [0.3, 0.4) is 0 Å². The summed E-state index contributed by atoms with van der Waals surface area (Å²) in [6, 6.07) is 65.1. The Bertz CT molecular complexity index is 4240. The van der Waals surface area contributed by atoms with Gasteiger partial charge >= 0.3 is 0 Å². The normalized spacial score (nSPS) is 12.1. The molecule has 0 radical (unpaired) electrons. The molecule has 9 nitrogen and oxygen atoms in total. The average molecular weight is 838 g/mol. The first kappa shape index (κ1) is 35.6. The molecule has 0 amide bonds. The molecule has 306 valence electrons. The molecule has 14 rings (SSSR count). The van der Waals surface area contributed by atoms with Crippen molar-refractivity contribution < 1.29 is 13.7 Å². The minimum absolute atomic E-state index is 0.684. The summed E-state index contributed by atoms with van der Waals surface area (Å²) in [6.07, 6.45) is 5.58. The topological polar surface area (TPSA) is 71.2 Å². The van der Waals surface area contributed by atoms with E-state index in [2.05, 4.69) is 188 Å². The molecule has 6 heterocycles. The number of ether oxygens (including phenoxy) is 1. The lowest BCUT2D eigenvalue weighted by atomic mass is 10.1. The summed E-state index contributed by atoms with van der Waals surface area (Å²) in [5, 5.41) is 4.42. The van der Waals surface area contributed by atoms with Gasteiger partial charge in [-0.15, -0.1) is 0 Å². The number of pyridine rings is 1. The molecule has 0 bridgehead atoms. The maximum Gasteiger partial charge on any atom is 0.269 e. The summed E-state index contributed by atoms with van der Waals surface area (Å²) in [6.45, 7) is 2.10. The first-order valence-electron chi connectivity index (χ1n) is 21.7. The van der Waals surface area contributed by atoms with Crippen LogP contribution in [0.4, 0.5) is 0 Å². The molecule has 0 saturated heterocycles. The zero-order chi connectivity index (χ0) is 42.8. The van der Waals surface area contributed by atoms with Crippen molar-refractivity contribution in [3.05, 3.63) is 206 Å². The molecule has 14 aromatic rings.